The highest BCUT2D eigenvalue weighted by Gasteiger charge is 2.30. The van der Waals surface area contributed by atoms with Gasteiger partial charge in [0.25, 0.3) is 0 Å². The molecule has 1 unspecified atom stereocenters. The fraction of sp³-hybridized carbons (Fsp3) is 0.900. The van der Waals surface area contributed by atoms with E-state index in [2.05, 4.69) is 5.32 Å². The quantitative estimate of drug-likeness (QED) is 0.638. The molecule has 4 nitrogen and oxygen atoms in total. The standard InChI is InChI=1S/C10H19N3O/c1-13-6-8(2-3-10(13)14)12-9-4-7(11)5-9/h7-9,12H,2-6,11H2,1H3. The zero-order chi connectivity index (χ0) is 10.1. The van der Waals surface area contributed by atoms with Crippen molar-refractivity contribution in [3.63, 3.8) is 0 Å². The Morgan fingerprint density at radius 1 is 1.43 bits per heavy atom. The molecule has 14 heavy (non-hydrogen) atoms. The summed E-state index contributed by atoms with van der Waals surface area (Å²) in [7, 11) is 1.88. The molecule has 1 heterocycles. The van der Waals surface area contributed by atoms with E-state index in [1.54, 1.807) is 0 Å². The molecule has 2 fully saturated rings. The monoisotopic (exact) mass is 197 g/mol. The van der Waals surface area contributed by atoms with Crippen molar-refractivity contribution in [3.05, 3.63) is 0 Å². The second-order valence-electron chi connectivity index (χ2n) is 4.60. The number of likely N-dealkylation sites (tertiary alicyclic amines) is 1. The van der Waals surface area contributed by atoms with Gasteiger partial charge in [0.1, 0.15) is 0 Å². The molecule has 0 spiro atoms. The molecule has 0 bridgehead atoms. The molecule has 1 aliphatic heterocycles. The van der Waals surface area contributed by atoms with Gasteiger partial charge in [0.2, 0.25) is 5.91 Å². The Bertz CT molecular complexity index is 225. The maximum atomic E-state index is 11.2. The first kappa shape index (κ1) is 9.93. The van der Waals surface area contributed by atoms with Crippen LogP contribution in [0.15, 0.2) is 0 Å². The molecule has 2 rings (SSSR count). The van der Waals surface area contributed by atoms with Crippen molar-refractivity contribution in [2.45, 2.75) is 43.8 Å². The van der Waals surface area contributed by atoms with Crippen molar-refractivity contribution in [1.29, 1.82) is 0 Å². The molecule has 3 N–H and O–H groups in total. The number of hydrogen-bond donors (Lipinski definition) is 2. The first-order chi connectivity index (χ1) is 6.65. The summed E-state index contributed by atoms with van der Waals surface area (Å²) in [5, 5.41) is 3.56. The van der Waals surface area contributed by atoms with Gasteiger partial charge in [-0.2, -0.15) is 0 Å². The first-order valence-electron chi connectivity index (χ1n) is 5.40. The Morgan fingerprint density at radius 2 is 2.14 bits per heavy atom. The predicted molar refractivity (Wildman–Crippen MR) is 54.8 cm³/mol. The van der Waals surface area contributed by atoms with Gasteiger partial charge in [0.05, 0.1) is 0 Å². The van der Waals surface area contributed by atoms with E-state index in [0.717, 1.165) is 25.8 Å². The second kappa shape index (κ2) is 3.87. The summed E-state index contributed by atoms with van der Waals surface area (Å²) >= 11 is 0. The van der Waals surface area contributed by atoms with Gasteiger partial charge in [-0.1, -0.05) is 0 Å². The van der Waals surface area contributed by atoms with Crippen molar-refractivity contribution in [3.8, 4) is 0 Å². The van der Waals surface area contributed by atoms with E-state index in [-0.39, 0.29) is 5.91 Å². The maximum absolute atomic E-state index is 11.2. The normalized spacial score (nSPS) is 38.3. The van der Waals surface area contributed by atoms with Gasteiger partial charge in [-0.25, -0.2) is 0 Å². The lowest BCUT2D eigenvalue weighted by Crippen LogP contribution is -2.55. The van der Waals surface area contributed by atoms with Crippen molar-refractivity contribution >= 4 is 5.91 Å². The highest BCUT2D eigenvalue weighted by atomic mass is 16.2. The van der Waals surface area contributed by atoms with E-state index in [0.29, 0.717) is 24.5 Å². The molecule has 1 saturated heterocycles. The van der Waals surface area contributed by atoms with Gasteiger partial charge in [0, 0.05) is 38.1 Å². The van der Waals surface area contributed by atoms with E-state index in [4.69, 9.17) is 5.73 Å². The number of nitrogens with zero attached hydrogens (tertiary/aromatic N) is 1. The highest BCUT2D eigenvalue weighted by molar-refractivity contribution is 5.76. The zero-order valence-corrected chi connectivity index (χ0v) is 8.70. The number of nitrogens with two attached hydrogens (primary N) is 1. The van der Waals surface area contributed by atoms with Crippen LogP contribution in [0.4, 0.5) is 0 Å². The lowest BCUT2D eigenvalue weighted by atomic mass is 9.86. The van der Waals surface area contributed by atoms with E-state index >= 15 is 0 Å². The average Bonchev–Trinajstić information content (AvgIpc) is 2.09. The lowest BCUT2D eigenvalue weighted by molar-refractivity contribution is -0.132. The minimum atomic E-state index is 0.272. The van der Waals surface area contributed by atoms with Crippen LogP contribution in [0.3, 0.4) is 0 Å². The average molecular weight is 197 g/mol. The van der Waals surface area contributed by atoms with Gasteiger partial charge in [-0.05, 0) is 19.3 Å². The summed E-state index contributed by atoms with van der Waals surface area (Å²) in [5.41, 5.74) is 5.72. The zero-order valence-electron chi connectivity index (χ0n) is 8.70. The van der Waals surface area contributed by atoms with Crippen LogP contribution >= 0.6 is 0 Å². The SMILES string of the molecule is CN1CC(NC2CC(N)C2)CCC1=O. The smallest absolute Gasteiger partial charge is 0.222 e. The van der Waals surface area contributed by atoms with Crippen LogP contribution in [0, 0.1) is 0 Å². The summed E-state index contributed by atoms with van der Waals surface area (Å²) in [4.78, 5) is 13.1. The minimum absolute atomic E-state index is 0.272. The van der Waals surface area contributed by atoms with Crippen LogP contribution in [0.2, 0.25) is 0 Å². The molecular formula is C10H19N3O. The van der Waals surface area contributed by atoms with Gasteiger partial charge in [-0.15, -0.1) is 0 Å². The largest absolute Gasteiger partial charge is 0.344 e. The Morgan fingerprint density at radius 3 is 2.71 bits per heavy atom. The molecule has 4 heteroatoms. The fourth-order valence-corrected chi connectivity index (χ4v) is 2.28. The number of piperidine rings is 1. The van der Waals surface area contributed by atoms with Gasteiger partial charge in [-0.3, -0.25) is 4.79 Å². The molecule has 2 aliphatic rings. The third-order valence-electron chi connectivity index (χ3n) is 3.27. The summed E-state index contributed by atoms with van der Waals surface area (Å²) in [6, 6.07) is 1.47. The highest BCUT2D eigenvalue weighted by Crippen LogP contribution is 2.20. The first-order valence-corrected chi connectivity index (χ1v) is 5.40. The number of carbonyl (C=O) groups is 1. The summed E-state index contributed by atoms with van der Waals surface area (Å²) in [6.07, 6.45) is 3.85. The summed E-state index contributed by atoms with van der Waals surface area (Å²) in [5.74, 6) is 0.272. The van der Waals surface area contributed by atoms with E-state index < -0.39 is 0 Å². The van der Waals surface area contributed by atoms with Crippen molar-refractivity contribution in [1.82, 2.24) is 10.2 Å². The molecule has 1 aliphatic carbocycles. The number of likely N-dealkylation sites (N-methyl/N-ethyl adjacent to an activating group) is 1. The van der Waals surface area contributed by atoms with Crippen molar-refractivity contribution < 1.29 is 4.79 Å². The van der Waals surface area contributed by atoms with Crippen LogP contribution in [0.25, 0.3) is 0 Å². The Labute approximate surface area is 84.8 Å². The van der Waals surface area contributed by atoms with Gasteiger partial charge >= 0.3 is 0 Å². The second-order valence-corrected chi connectivity index (χ2v) is 4.60. The number of amides is 1. The van der Waals surface area contributed by atoms with Crippen LogP contribution in [-0.4, -0.2) is 42.5 Å². The Balaban J connectivity index is 1.74. The number of rotatable bonds is 2. The fourth-order valence-electron chi connectivity index (χ4n) is 2.28. The minimum Gasteiger partial charge on any atom is -0.344 e. The third kappa shape index (κ3) is 2.07. The van der Waals surface area contributed by atoms with Crippen molar-refractivity contribution in [2.24, 2.45) is 5.73 Å². The Hall–Kier alpha value is -0.610. The molecule has 1 saturated carbocycles. The molecule has 80 valence electrons. The van der Waals surface area contributed by atoms with Crippen molar-refractivity contribution in [2.75, 3.05) is 13.6 Å². The third-order valence-corrected chi connectivity index (χ3v) is 3.27. The maximum Gasteiger partial charge on any atom is 0.222 e. The van der Waals surface area contributed by atoms with E-state index in [1.807, 2.05) is 11.9 Å². The number of nitrogens with one attached hydrogen (secondary N) is 1. The molecule has 0 aromatic heterocycles. The summed E-state index contributed by atoms with van der Waals surface area (Å²) < 4.78 is 0. The van der Waals surface area contributed by atoms with Gasteiger partial charge in [0.15, 0.2) is 0 Å². The predicted octanol–water partition coefficient (Wildman–Crippen LogP) is -0.313. The van der Waals surface area contributed by atoms with Gasteiger partial charge < -0.3 is 16.0 Å². The van der Waals surface area contributed by atoms with E-state index in [9.17, 15) is 4.79 Å². The molecule has 0 aromatic carbocycles. The van der Waals surface area contributed by atoms with Crippen LogP contribution in [0.5, 0.6) is 0 Å². The van der Waals surface area contributed by atoms with Crippen LogP contribution in [0.1, 0.15) is 25.7 Å². The summed E-state index contributed by atoms with van der Waals surface area (Å²) in [6.45, 7) is 0.852. The topological polar surface area (TPSA) is 58.4 Å². The molecular weight excluding hydrogens is 178 g/mol. The number of carbonyl (C=O) groups excluding carboxylic acids is 1. The lowest BCUT2D eigenvalue weighted by Gasteiger charge is -2.39. The van der Waals surface area contributed by atoms with Crippen LogP contribution < -0.4 is 11.1 Å². The van der Waals surface area contributed by atoms with E-state index in [1.165, 1.54) is 0 Å². The molecule has 0 radical (unpaired) electrons. The number of hydrogen-bond acceptors (Lipinski definition) is 3. The molecule has 0 aromatic rings. The molecule has 1 atom stereocenters. The molecule has 1 amide bonds. The Kier molecular flexibility index (Phi) is 2.74. The van der Waals surface area contributed by atoms with Crippen LogP contribution in [-0.2, 0) is 4.79 Å².